The van der Waals surface area contributed by atoms with Gasteiger partial charge < -0.3 is 0 Å². The molecule has 0 aromatic heterocycles. The Bertz CT molecular complexity index is 347. The van der Waals surface area contributed by atoms with Gasteiger partial charge in [0.05, 0.1) is 0 Å². The average Bonchev–Trinajstić information content (AvgIpc) is 2.20. The highest BCUT2D eigenvalue weighted by Gasteiger charge is 1.98. The highest BCUT2D eigenvalue weighted by Crippen LogP contribution is 2.16. The van der Waals surface area contributed by atoms with Gasteiger partial charge in [-0.25, -0.2) is 0 Å². The van der Waals surface area contributed by atoms with Crippen molar-refractivity contribution >= 4 is 39.9 Å². The second-order valence-corrected chi connectivity index (χ2v) is 4.00. The van der Waals surface area contributed by atoms with Gasteiger partial charge in [-0.1, -0.05) is 45.7 Å². The fourth-order valence-electron chi connectivity index (χ4n) is 1.07. The number of carbonyl (C=O) groups excluding carboxylic acids is 1. The standard InChI is InChI=1S/C11H10BrClO/c12-6-2-1-3-9-4-5-11(13)7-10(9)8-14/h1,3-5,7-8H,2,6H2. The van der Waals surface area contributed by atoms with Gasteiger partial charge in [-0.3, -0.25) is 4.79 Å². The molecule has 1 aromatic carbocycles. The largest absolute Gasteiger partial charge is 0.298 e. The van der Waals surface area contributed by atoms with Crippen LogP contribution in [0.25, 0.3) is 6.08 Å². The number of rotatable bonds is 4. The van der Waals surface area contributed by atoms with Crippen LogP contribution < -0.4 is 0 Å². The van der Waals surface area contributed by atoms with Crippen molar-refractivity contribution in [1.29, 1.82) is 0 Å². The molecule has 1 aromatic rings. The van der Waals surface area contributed by atoms with E-state index in [1.165, 1.54) is 0 Å². The van der Waals surface area contributed by atoms with Crippen molar-refractivity contribution in [2.45, 2.75) is 6.42 Å². The summed E-state index contributed by atoms with van der Waals surface area (Å²) in [6.45, 7) is 0. The van der Waals surface area contributed by atoms with E-state index in [-0.39, 0.29) is 0 Å². The van der Waals surface area contributed by atoms with Crippen molar-refractivity contribution in [1.82, 2.24) is 0 Å². The van der Waals surface area contributed by atoms with E-state index in [1.807, 2.05) is 18.2 Å². The highest BCUT2D eigenvalue weighted by molar-refractivity contribution is 9.09. The normalized spacial score (nSPS) is 10.7. The SMILES string of the molecule is O=Cc1cc(Cl)ccc1C=CCCBr. The monoisotopic (exact) mass is 272 g/mol. The number of carbonyl (C=O) groups is 1. The number of hydrogen-bond donors (Lipinski definition) is 0. The minimum Gasteiger partial charge on any atom is -0.298 e. The molecule has 0 spiro atoms. The van der Waals surface area contributed by atoms with Crippen LogP contribution in [0.3, 0.4) is 0 Å². The van der Waals surface area contributed by atoms with Gasteiger partial charge in [-0.2, -0.15) is 0 Å². The zero-order valence-corrected chi connectivity index (χ0v) is 9.88. The third-order valence-electron chi connectivity index (χ3n) is 1.75. The second kappa shape index (κ2) is 5.99. The lowest BCUT2D eigenvalue weighted by atomic mass is 10.1. The van der Waals surface area contributed by atoms with E-state index in [0.29, 0.717) is 10.6 Å². The first-order valence-corrected chi connectivity index (χ1v) is 5.75. The Morgan fingerprint density at radius 2 is 2.14 bits per heavy atom. The van der Waals surface area contributed by atoms with Crippen molar-refractivity contribution < 1.29 is 4.79 Å². The van der Waals surface area contributed by atoms with Crippen LogP contribution in [0.5, 0.6) is 0 Å². The maximum atomic E-state index is 10.7. The first-order chi connectivity index (χ1) is 6.77. The fraction of sp³-hybridized carbons (Fsp3) is 0.182. The molecule has 0 radical (unpaired) electrons. The minimum absolute atomic E-state index is 0.588. The lowest BCUT2D eigenvalue weighted by Crippen LogP contribution is -1.85. The first-order valence-electron chi connectivity index (χ1n) is 4.25. The number of allylic oxidation sites excluding steroid dienone is 1. The molecule has 0 N–H and O–H groups in total. The van der Waals surface area contributed by atoms with Crippen LogP contribution in [0, 0.1) is 0 Å². The Morgan fingerprint density at radius 1 is 1.36 bits per heavy atom. The lowest BCUT2D eigenvalue weighted by molar-refractivity contribution is 0.112. The van der Waals surface area contributed by atoms with E-state index in [9.17, 15) is 4.79 Å². The molecule has 0 aliphatic carbocycles. The Labute approximate surface area is 96.9 Å². The molecule has 0 heterocycles. The second-order valence-electron chi connectivity index (χ2n) is 2.77. The third-order valence-corrected chi connectivity index (χ3v) is 2.44. The molecule has 0 saturated heterocycles. The van der Waals surface area contributed by atoms with Crippen LogP contribution >= 0.6 is 27.5 Å². The maximum absolute atomic E-state index is 10.7. The summed E-state index contributed by atoms with van der Waals surface area (Å²) in [6.07, 6.45) is 5.72. The Morgan fingerprint density at radius 3 is 2.79 bits per heavy atom. The van der Waals surface area contributed by atoms with Crippen molar-refractivity contribution in [3.63, 3.8) is 0 Å². The van der Waals surface area contributed by atoms with Gasteiger partial charge >= 0.3 is 0 Å². The van der Waals surface area contributed by atoms with E-state index >= 15 is 0 Å². The van der Waals surface area contributed by atoms with E-state index in [1.54, 1.807) is 12.1 Å². The zero-order valence-electron chi connectivity index (χ0n) is 7.54. The van der Waals surface area contributed by atoms with E-state index in [0.717, 1.165) is 23.6 Å². The van der Waals surface area contributed by atoms with Gasteiger partial charge in [0.15, 0.2) is 6.29 Å². The van der Waals surface area contributed by atoms with Gasteiger partial charge in [-0.15, -0.1) is 0 Å². The predicted octanol–water partition coefficient (Wildman–Crippen LogP) is 3.95. The van der Waals surface area contributed by atoms with Crippen molar-refractivity contribution in [3.8, 4) is 0 Å². The Balaban J connectivity index is 2.90. The molecule has 0 unspecified atom stereocenters. The van der Waals surface area contributed by atoms with Crippen LogP contribution in [-0.4, -0.2) is 11.6 Å². The smallest absolute Gasteiger partial charge is 0.150 e. The summed E-state index contributed by atoms with van der Waals surface area (Å²) in [5.74, 6) is 0. The summed E-state index contributed by atoms with van der Waals surface area (Å²) in [7, 11) is 0. The van der Waals surface area contributed by atoms with Crippen LogP contribution in [0.15, 0.2) is 24.3 Å². The van der Waals surface area contributed by atoms with Gasteiger partial charge in [-0.05, 0) is 24.1 Å². The topological polar surface area (TPSA) is 17.1 Å². The molecule has 3 heteroatoms. The molecular formula is C11H10BrClO. The van der Waals surface area contributed by atoms with Crippen LogP contribution in [0.1, 0.15) is 22.3 Å². The first kappa shape index (κ1) is 11.5. The number of halogens is 2. The molecule has 1 rings (SSSR count). The van der Waals surface area contributed by atoms with E-state index in [2.05, 4.69) is 15.9 Å². The van der Waals surface area contributed by atoms with Gasteiger partial charge in [0.2, 0.25) is 0 Å². The molecule has 0 aliphatic heterocycles. The quantitative estimate of drug-likeness (QED) is 0.600. The average molecular weight is 274 g/mol. The molecule has 1 nitrogen and oxygen atoms in total. The summed E-state index contributed by atoms with van der Waals surface area (Å²) in [5.41, 5.74) is 1.54. The van der Waals surface area contributed by atoms with Crippen molar-refractivity contribution in [2.24, 2.45) is 0 Å². The summed E-state index contributed by atoms with van der Waals surface area (Å²) in [6, 6.07) is 5.29. The molecule has 14 heavy (non-hydrogen) atoms. The molecule has 0 bridgehead atoms. The minimum atomic E-state index is 0.588. The predicted molar refractivity (Wildman–Crippen MR) is 64.3 cm³/mol. The summed E-state index contributed by atoms with van der Waals surface area (Å²) in [4.78, 5) is 10.7. The molecule has 0 amide bonds. The third kappa shape index (κ3) is 3.28. The van der Waals surface area contributed by atoms with Crippen LogP contribution in [0.4, 0.5) is 0 Å². The van der Waals surface area contributed by atoms with Gasteiger partial charge in [0, 0.05) is 15.9 Å². The number of aldehydes is 1. The molecule has 0 fully saturated rings. The maximum Gasteiger partial charge on any atom is 0.150 e. The Hall–Kier alpha value is -0.600. The molecule has 0 atom stereocenters. The summed E-state index contributed by atoms with van der Waals surface area (Å²) in [5, 5.41) is 1.51. The Kier molecular flexibility index (Phi) is 4.91. The van der Waals surface area contributed by atoms with Gasteiger partial charge in [0.25, 0.3) is 0 Å². The fourth-order valence-corrected chi connectivity index (χ4v) is 1.52. The number of hydrogen-bond acceptors (Lipinski definition) is 1. The van der Waals surface area contributed by atoms with Gasteiger partial charge in [0.1, 0.15) is 0 Å². The van der Waals surface area contributed by atoms with Crippen LogP contribution in [-0.2, 0) is 0 Å². The van der Waals surface area contributed by atoms with Crippen LogP contribution in [0.2, 0.25) is 5.02 Å². The van der Waals surface area contributed by atoms with E-state index < -0.39 is 0 Å². The van der Waals surface area contributed by atoms with Crippen molar-refractivity contribution in [2.75, 3.05) is 5.33 Å². The number of benzene rings is 1. The zero-order chi connectivity index (χ0) is 10.4. The summed E-state index contributed by atoms with van der Waals surface area (Å²) < 4.78 is 0. The molecule has 0 saturated carbocycles. The summed E-state index contributed by atoms with van der Waals surface area (Å²) >= 11 is 9.09. The molecular weight excluding hydrogens is 263 g/mol. The van der Waals surface area contributed by atoms with Crippen molar-refractivity contribution in [3.05, 3.63) is 40.4 Å². The number of alkyl halides is 1. The molecule has 0 aliphatic rings. The lowest BCUT2D eigenvalue weighted by Gasteiger charge is -1.98. The molecule has 74 valence electrons. The van der Waals surface area contributed by atoms with E-state index in [4.69, 9.17) is 11.6 Å². The highest BCUT2D eigenvalue weighted by atomic mass is 79.9.